The van der Waals surface area contributed by atoms with Crippen LogP contribution in [0.25, 0.3) is 5.57 Å². The predicted octanol–water partition coefficient (Wildman–Crippen LogP) is 4.12. The van der Waals surface area contributed by atoms with Gasteiger partial charge >= 0.3 is 11.5 Å². The number of halogens is 3. The van der Waals surface area contributed by atoms with Gasteiger partial charge in [0.15, 0.2) is 0 Å². The van der Waals surface area contributed by atoms with Gasteiger partial charge in [-0.05, 0) is 40.6 Å². The average Bonchev–Trinajstić information content (AvgIpc) is 2.69. The van der Waals surface area contributed by atoms with E-state index < -0.39 is 16.9 Å². The highest BCUT2D eigenvalue weighted by Crippen LogP contribution is 2.56. The van der Waals surface area contributed by atoms with Gasteiger partial charge in [0, 0.05) is 11.3 Å². The lowest BCUT2D eigenvalue weighted by Gasteiger charge is -2.32. The smallest absolute Gasteiger partial charge is 0.446 e. The van der Waals surface area contributed by atoms with E-state index >= 15 is 0 Å². The van der Waals surface area contributed by atoms with Crippen LogP contribution in [0.4, 0.5) is 13.2 Å². The van der Waals surface area contributed by atoms with E-state index in [1.807, 2.05) is 19.9 Å². The Morgan fingerprint density at radius 3 is 2.65 bits per heavy atom. The second-order valence-electron chi connectivity index (χ2n) is 6.07. The molecule has 0 bridgehead atoms. The summed E-state index contributed by atoms with van der Waals surface area (Å²) in [5.41, 5.74) is -3.01. The van der Waals surface area contributed by atoms with Crippen LogP contribution in [0.3, 0.4) is 0 Å². The summed E-state index contributed by atoms with van der Waals surface area (Å²) in [6.45, 7) is 3.97. The van der Waals surface area contributed by atoms with Gasteiger partial charge in [0.05, 0.1) is 13.7 Å². The highest BCUT2D eigenvalue weighted by Gasteiger charge is 2.50. The van der Waals surface area contributed by atoms with E-state index in [1.165, 1.54) is 7.11 Å². The number of ether oxygens (including phenoxy) is 2. The molecule has 0 spiro atoms. The highest BCUT2D eigenvalue weighted by molar-refractivity contribution is 8.05. The van der Waals surface area contributed by atoms with Gasteiger partial charge in [0.1, 0.15) is 10.7 Å². The van der Waals surface area contributed by atoms with Crippen LogP contribution >= 0.6 is 11.8 Å². The molecule has 1 aliphatic carbocycles. The first-order chi connectivity index (χ1) is 10.6. The van der Waals surface area contributed by atoms with Crippen molar-refractivity contribution in [3.8, 4) is 5.75 Å². The third-order valence-corrected chi connectivity index (χ3v) is 5.28. The van der Waals surface area contributed by atoms with E-state index in [9.17, 15) is 18.0 Å². The SMILES string of the molecule is COc1ccc2c(c1)C(C)(C)C1COC(=O)C(SC(F)(F)F)=C21. The van der Waals surface area contributed by atoms with Gasteiger partial charge in [-0.2, -0.15) is 13.2 Å². The number of alkyl halides is 3. The summed E-state index contributed by atoms with van der Waals surface area (Å²) in [7, 11) is 1.54. The number of thioether (sulfide) groups is 1. The largest absolute Gasteiger partial charge is 0.497 e. The fourth-order valence-corrected chi connectivity index (χ4v) is 4.01. The van der Waals surface area contributed by atoms with Crippen LogP contribution < -0.4 is 4.74 Å². The molecule has 7 heteroatoms. The van der Waals surface area contributed by atoms with E-state index in [0.29, 0.717) is 16.9 Å². The lowest BCUT2D eigenvalue weighted by Crippen LogP contribution is -2.33. The lowest BCUT2D eigenvalue weighted by atomic mass is 9.77. The third kappa shape index (κ3) is 2.60. The van der Waals surface area contributed by atoms with E-state index in [1.54, 1.807) is 12.1 Å². The minimum absolute atomic E-state index is 0.0834. The van der Waals surface area contributed by atoms with Crippen LogP contribution in [0, 0.1) is 5.92 Å². The van der Waals surface area contributed by atoms with Crippen molar-refractivity contribution in [3.63, 3.8) is 0 Å². The van der Waals surface area contributed by atoms with E-state index in [4.69, 9.17) is 9.47 Å². The maximum absolute atomic E-state index is 12.9. The number of rotatable bonds is 2. The molecule has 1 aromatic carbocycles. The van der Waals surface area contributed by atoms with Gasteiger partial charge in [0.25, 0.3) is 0 Å². The highest BCUT2D eigenvalue weighted by atomic mass is 32.2. The summed E-state index contributed by atoms with van der Waals surface area (Å²) < 4.78 is 48.8. The van der Waals surface area contributed by atoms with Gasteiger partial charge < -0.3 is 9.47 Å². The molecule has 2 aliphatic rings. The lowest BCUT2D eigenvalue weighted by molar-refractivity contribution is -0.140. The molecule has 1 aliphatic heterocycles. The maximum atomic E-state index is 12.9. The van der Waals surface area contributed by atoms with Crippen molar-refractivity contribution in [3.05, 3.63) is 34.2 Å². The molecule has 1 atom stereocenters. The zero-order valence-corrected chi connectivity index (χ0v) is 13.6. The third-order valence-electron chi connectivity index (χ3n) is 4.46. The molecule has 1 heterocycles. The van der Waals surface area contributed by atoms with Crippen molar-refractivity contribution >= 4 is 23.3 Å². The monoisotopic (exact) mass is 344 g/mol. The fourth-order valence-electron chi connectivity index (χ4n) is 3.27. The second-order valence-corrected chi connectivity index (χ2v) is 7.15. The second kappa shape index (κ2) is 5.19. The van der Waals surface area contributed by atoms with Gasteiger partial charge in [0.2, 0.25) is 0 Å². The number of fused-ring (bicyclic) bond motifs is 3. The topological polar surface area (TPSA) is 35.5 Å². The molecule has 0 saturated carbocycles. The Labute approximate surface area is 135 Å². The summed E-state index contributed by atoms with van der Waals surface area (Å²) in [4.78, 5) is 11.6. The van der Waals surface area contributed by atoms with Gasteiger partial charge in [-0.25, -0.2) is 4.79 Å². The minimum Gasteiger partial charge on any atom is -0.497 e. The molecule has 124 valence electrons. The summed E-state index contributed by atoms with van der Waals surface area (Å²) in [5, 5.41) is 0. The molecule has 3 nitrogen and oxygen atoms in total. The Balaban J connectivity index is 2.23. The van der Waals surface area contributed by atoms with Gasteiger partial charge in [-0.1, -0.05) is 19.9 Å². The summed E-state index contributed by atoms with van der Waals surface area (Å²) in [5.74, 6) is -0.571. The van der Waals surface area contributed by atoms with Crippen molar-refractivity contribution in [1.29, 1.82) is 0 Å². The summed E-state index contributed by atoms with van der Waals surface area (Å²) in [6, 6.07) is 5.24. The van der Waals surface area contributed by atoms with Crippen LogP contribution in [0.15, 0.2) is 23.1 Å². The van der Waals surface area contributed by atoms with Crippen molar-refractivity contribution < 1.29 is 27.4 Å². The normalized spacial score (nSPS) is 22.5. The molecule has 23 heavy (non-hydrogen) atoms. The first kappa shape index (κ1) is 16.2. The van der Waals surface area contributed by atoms with Crippen molar-refractivity contribution in [1.82, 2.24) is 0 Å². The number of hydrogen-bond acceptors (Lipinski definition) is 4. The van der Waals surface area contributed by atoms with Crippen LogP contribution in [0.1, 0.15) is 25.0 Å². The van der Waals surface area contributed by atoms with Gasteiger partial charge in [-0.15, -0.1) is 0 Å². The first-order valence-corrected chi connectivity index (χ1v) is 7.82. The molecule has 0 N–H and O–H groups in total. The number of hydrogen-bond donors (Lipinski definition) is 0. The molecule has 3 rings (SSSR count). The van der Waals surface area contributed by atoms with Crippen LogP contribution in [0.5, 0.6) is 5.75 Å². The molecule has 0 aromatic heterocycles. The summed E-state index contributed by atoms with van der Waals surface area (Å²) >= 11 is -0.390. The zero-order valence-electron chi connectivity index (χ0n) is 12.8. The molecular weight excluding hydrogens is 329 g/mol. The minimum atomic E-state index is -4.54. The predicted molar refractivity (Wildman–Crippen MR) is 81.0 cm³/mol. The zero-order chi connectivity index (χ0) is 17.0. The Bertz CT molecular complexity index is 707. The quantitative estimate of drug-likeness (QED) is 0.756. The van der Waals surface area contributed by atoms with Crippen LogP contribution in [-0.4, -0.2) is 25.2 Å². The molecule has 1 aromatic rings. The first-order valence-electron chi connectivity index (χ1n) is 7.01. The Kier molecular flexibility index (Phi) is 3.66. The van der Waals surface area contributed by atoms with Crippen molar-refractivity contribution in [2.75, 3.05) is 13.7 Å². The van der Waals surface area contributed by atoms with Crippen LogP contribution in [0.2, 0.25) is 0 Å². The standard InChI is InChI=1S/C16H15F3O3S/c1-15(2)10-6-8(21-3)4-5-9(10)12-11(15)7-22-14(20)13(12)23-16(17,18)19/h4-6,11H,7H2,1-3H3. The number of benzene rings is 1. The van der Waals surface area contributed by atoms with E-state index in [0.717, 1.165) is 5.56 Å². The maximum Gasteiger partial charge on any atom is 0.446 e. The van der Waals surface area contributed by atoms with Crippen LogP contribution in [-0.2, 0) is 14.9 Å². The Morgan fingerprint density at radius 2 is 2.04 bits per heavy atom. The molecule has 0 radical (unpaired) electrons. The number of esters is 1. The number of carbonyl (C=O) groups excluding carboxylic acids is 1. The van der Waals surface area contributed by atoms with E-state index in [-0.39, 0.29) is 29.2 Å². The molecular formula is C16H15F3O3S. The Morgan fingerprint density at radius 1 is 1.35 bits per heavy atom. The number of methoxy groups -OCH3 is 1. The van der Waals surface area contributed by atoms with E-state index in [2.05, 4.69) is 0 Å². The summed E-state index contributed by atoms with van der Waals surface area (Å²) in [6.07, 6.45) is 0. The van der Waals surface area contributed by atoms with Crippen molar-refractivity contribution in [2.24, 2.45) is 5.92 Å². The fraction of sp³-hybridized carbons (Fsp3) is 0.438. The molecule has 1 unspecified atom stereocenters. The average molecular weight is 344 g/mol. The number of cyclic esters (lactones) is 1. The molecule has 0 amide bonds. The Hall–Kier alpha value is -1.63. The molecule has 0 fully saturated rings. The van der Waals surface area contributed by atoms with Gasteiger partial charge in [-0.3, -0.25) is 0 Å². The van der Waals surface area contributed by atoms with Crippen molar-refractivity contribution in [2.45, 2.75) is 24.8 Å². The number of carbonyl (C=O) groups is 1. The molecule has 0 saturated heterocycles.